The number of alkyl halides is 3. The highest BCUT2D eigenvalue weighted by Crippen LogP contribution is 2.46. The average Bonchev–Trinajstić information content (AvgIpc) is 3.44. The van der Waals surface area contributed by atoms with Gasteiger partial charge in [0.15, 0.2) is 11.7 Å². The zero-order valence-electron chi connectivity index (χ0n) is 21.4. The maximum absolute atomic E-state index is 14.1. The first-order valence-corrected chi connectivity index (χ1v) is 14.1. The normalized spacial score (nSPS) is 20.9. The summed E-state index contributed by atoms with van der Waals surface area (Å²) in [6.45, 7) is 6.58. The van der Waals surface area contributed by atoms with Gasteiger partial charge in [-0.05, 0) is 53.9 Å². The van der Waals surface area contributed by atoms with Crippen LogP contribution in [-0.2, 0) is 12.8 Å². The highest BCUT2D eigenvalue weighted by atomic mass is 35.5. The van der Waals surface area contributed by atoms with E-state index >= 15 is 0 Å². The van der Waals surface area contributed by atoms with E-state index in [2.05, 4.69) is 42.6 Å². The van der Waals surface area contributed by atoms with Crippen molar-refractivity contribution in [3.8, 4) is 6.07 Å². The maximum atomic E-state index is 14.1. The SMILES string of the molecule is CC(C)(C)[C@@H]1CCc2c(sc(NC(=O)c3cc4n(n3)[C@@H](C(F)(F)F)C[C@H](c3ccc(Cl)c(Cl)c3)N4)c2C#N)C1. The Bertz CT molecular complexity index is 1480. The third kappa shape index (κ3) is 5.37. The van der Waals surface area contributed by atoms with Gasteiger partial charge in [-0.25, -0.2) is 4.68 Å². The van der Waals surface area contributed by atoms with Crippen LogP contribution in [0.5, 0.6) is 0 Å². The van der Waals surface area contributed by atoms with Crippen molar-refractivity contribution in [2.24, 2.45) is 11.3 Å². The predicted octanol–water partition coefficient (Wildman–Crippen LogP) is 8.19. The first-order chi connectivity index (χ1) is 18.3. The van der Waals surface area contributed by atoms with Crippen molar-refractivity contribution >= 4 is 51.3 Å². The van der Waals surface area contributed by atoms with Crippen LogP contribution in [0.1, 0.15) is 77.8 Å². The van der Waals surface area contributed by atoms with Crippen molar-refractivity contribution < 1.29 is 18.0 Å². The van der Waals surface area contributed by atoms with Gasteiger partial charge in [0.1, 0.15) is 16.9 Å². The monoisotopic (exact) mass is 595 g/mol. The van der Waals surface area contributed by atoms with Crippen LogP contribution in [0.25, 0.3) is 0 Å². The third-order valence-electron chi connectivity index (χ3n) is 7.60. The van der Waals surface area contributed by atoms with Crippen molar-refractivity contribution in [2.75, 3.05) is 10.6 Å². The molecule has 6 nitrogen and oxygen atoms in total. The number of halogens is 5. The number of amides is 1. The molecule has 39 heavy (non-hydrogen) atoms. The van der Waals surface area contributed by atoms with E-state index in [1.54, 1.807) is 6.07 Å². The van der Waals surface area contributed by atoms with Crippen molar-refractivity contribution in [3.63, 3.8) is 0 Å². The molecular weight excluding hydrogens is 570 g/mol. The van der Waals surface area contributed by atoms with Gasteiger partial charge >= 0.3 is 6.18 Å². The molecule has 2 N–H and O–H groups in total. The van der Waals surface area contributed by atoms with E-state index in [9.17, 15) is 23.2 Å². The molecular formula is C27H26Cl2F3N5OS. The van der Waals surface area contributed by atoms with Gasteiger partial charge in [0.2, 0.25) is 0 Å². The third-order valence-corrected chi connectivity index (χ3v) is 9.51. The van der Waals surface area contributed by atoms with Crippen LogP contribution < -0.4 is 10.6 Å². The van der Waals surface area contributed by atoms with Crippen LogP contribution in [0.4, 0.5) is 24.0 Å². The Labute approximate surface area is 238 Å². The number of carbonyl (C=O) groups is 1. The zero-order chi connectivity index (χ0) is 28.3. The molecule has 2 aromatic heterocycles. The molecule has 1 aliphatic carbocycles. The molecule has 0 fully saturated rings. The van der Waals surface area contributed by atoms with Gasteiger partial charge in [-0.1, -0.05) is 50.0 Å². The molecule has 0 unspecified atom stereocenters. The fraction of sp³-hybridized carbons (Fsp3) is 0.444. The summed E-state index contributed by atoms with van der Waals surface area (Å²) in [5, 5.41) is 20.6. The lowest BCUT2D eigenvalue weighted by Crippen LogP contribution is -2.35. The van der Waals surface area contributed by atoms with Crippen LogP contribution in [0, 0.1) is 22.7 Å². The molecule has 0 saturated carbocycles. The predicted molar refractivity (Wildman–Crippen MR) is 147 cm³/mol. The lowest BCUT2D eigenvalue weighted by Gasteiger charge is -2.33. The molecule has 2 aliphatic rings. The number of hydrogen-bond acceptors (Lipinski definition) is 5. The number of benzene rings is 1. The maximum Gasteiger partial charge on any atom is 0.410 e. The number of nitrogens with one attached hydrogen (secondary N) is 2. The molecule has 206 valence electrons. The minimum Gasteiger partial charge on any atom is -0.363 e. The topological polar surface area (TPSA) is 82.7 Å². The molecule has 0 radical (unpaired) electrons. The quantitative estimate of drug-likeness (QED) is 0.320. The second-order valence-corrected chi connectivity index (χ2v) is 13.0. The Hall–Kier alpha value is -2.74. The van der Waals surface area contributed by atoms with E-state index in [1.165, 1.54) is 29.5 Å². The Kier molecular flexibility index (Phi) is 7.15. The molecule has 0 spiro atoms. The summed E-state index contributed by atoms with van der Waals surface area (Å²) < 4.78 is 43.1. The smallest absolute Gasteiger partial charge is 0.363 e. The second-order valence-electron chi connectivity index (χ2n) is 11.1. The van der Waals surface area contributed by atoms with Crippen molar-refractivity contribution in [1.29, 1.82) is 5.26 Å². The standard InChI is InChI=1S/C27H26Cl2F3N5OS/c1-26(2,3)14-5-6-15-16(12-33)25(39-21(15)9-14)35-24(38)20-11-23-34-19(13-4-7-17(28)18(29)8-13)10-22(27(30,31)32)37(23)36-20/h4,7-8,11,14,19,22,34H,5-6,9-10H2,1-3H3,(H,35,38)/t14-,19-,22-/m1/s1. The minimum atomic E-state index is -4.60. The number of aromatic nitrogens is 2. The van der Waals surface area contributed by atoms with E-state index in [-0.39, 0.29) is 28.4 Å². The molecule has 3 atom stereocenters. The highest BCUT2D eigenvalue weighted by molar-refractivity contribution is 7.16. The van der Waals surface area contributed by atoms with Crippen molar-refractivity contribution in [1.82, 2.24) is 9.78 Å². The highest BCUT2D eigenvalue weighted by Gasteiger charge is 2.47. The summed E-state index contributed by atoms with van der Waals surface area (Å²) in [6.07, 6.45) is -2.43. The van der Waals surface area contributed by atoms with E-state index in [4.69, 9.17) is 23.2 Å². The fourth-order valence-corrected chi connectivity index (χ4v) is 6.91. The van der Waals surface area contributed by atoms with Crippen molar-refractivity contribution in [3.05, 3.63) is 61.6 Å². The number of fused-ring (bicyclic) bond motifs is 2. The number of carbonyl (C=O) groups excluding carboxylic acids is 1. The summed E-state index contributed by atoms with van der Waals surface area (Å²) in [7, 11) is 0. The molecule has 5 rings (SSSR count). The Morgan fingerprint density at radius 1 is 1.23 bits per heavy atom. The first-order valence-electron chi connectivity index (χ1n) is 12.5. The van der Waals surface area contributed by atoms with Gasteiger partial charge in [0.05, 0.1) is 21.7 Å². The summed E-state index contributed by atoms with van der Waals surface area (Å²) >= 11 is 13.4. The summed E-state index contributed by atoms with van der Waals surface area (Å²) in [6, 6.07) is 5.51. The van der Waals surface area contributed by atoms with Gasteiger partial charge in [-0.2, -0.15) is 23.5 Å². The minimum absolute atomic E-state index is 0.0591. The Balaban J connectivity index is 1.43. The van der Waals surface area contributed by atoms with Gasteiger partial charge in [0, 0.05) is 17.4 Å². The summed E-state index contributed by atoms with van der Waals surface area (Å²) in [5.74, 6) is -0.163. The summed E-state index contributed by atoms with van der Waals surface area (Å²) in [4.78, 5) is 14.3. The molecule has 3 aromatic rings. The molecule has 1 aliphatic heterocycles. The van der Waals surface area contributed by atoms with Crippen LogP contribution in [-0.4, -0.2) is 21.9 Å². The zero-order valence-corrected chi connectivity index (χ0v) is 23.7. The van der Waals surface area contributed by atoms with Gasteiger partial charge in [-0.3, -0.25) is 4.79 Å². The Morgan fingerprint density at radius 2 is 1.97 bits per heavy atom. The number of thiophene rings is 1. The van der Waals surface area contributed by atoms with E-state index in [0.29, 0.717) is 27.1 Å². The second kappa shape index (κ2) is 10.0. The van der Waals surface area contributed by atoms with Crippen LogP contribution in [0.2, 0.25) is 10.0 Å². The lowest BCUT2D eigenvalue weighted by atomic mass is 9.72. The van der Waals surface area contributed by atoms with E-state index < -0.39 is 24.2 Å². The number of anilines is 2. The molecule has 1 aromatic carbocycles. The number of nitriles is 1. The van der Waals surface area contributed by atoms with Crippen LogP contribution in [0.15, 0.2) is 24.3 Å². The van der Waals surface area contributed by atoms with Crippen molar-refractivity contribution in [2.45, 2.75) is 64.7 Å². The van der Waals surface area contributed by atoms with Gasteiger partial charge in [-0.15, -0.1) is 11.3 Å². The van der Waals surface area contributed by atoms with E-state index in [0.717, 1.165) is 34.4 Å². The molecule has 3 heterocycles. The molecule has 0 bridgehead atoms. The molecule has 12 heteroatoms. The molecule has 1 amide bonds. The largest absolute Gasteiger partial charge is 0.410 e. The van der Waals surface area contributed by atoms with E-state index in [1.807, 2.05) is 0 Å². The average molecular weight is 597 g/mol. The van der Waals surface area contributed by atoms with Gasteiger partial charge in [0.25, 0.3) is 5.91 Å². The number of nitrogens with zero attached hydrogens (tertiary/aromatic N) is 3. The number of hydrogen-bond donors (Lipinski definition) is 2. The number of rotatable bonds is 3. The van der Waals surface area contributed by atoms with Crippen LogP contribution in [0.3, 0.4) is 0 Å². The van der Waals surface area contributed by atoms with Gasteiger partial charge < -0.3 is 10.6 Å². The molecule has 0 saturated heterocycles. The fourth-order valence-electron chi connectivity index (χ4n) is 5.33. The lowest BCUT2D eigenvalue weighted by molar-refractivity contribution is -0.173. The first kappa shape index (κ1) is 27.8. The van der Waals surface area contributed by atoms with Crippen LogP contribution >= 0.6 is 34.5 Å². The Morgan fingerprint density at radius 3 is 2.62 bits per heavy atom. The summed E-state index contributed by atoms with van der Waals surface area (Å²) in [5.41, 5.74) is 1.85.